The van der Waals surface area contributed by atoms with Crippen molar-refractivity contribution < 1.29 is 9.59 Å². The lowest BCUT2D eigenvalue weighted by atomic mass is 10.1. The van der Waals surface area contributed by atoms with Gasteiger partial charge in [0.2, 0.25) is 11.8 Å². The van der Waals surface area contributed by atoms with E-state index in [-0.39, 0.29) is 24.2 Å². The first kappa shape index (κ1) is 16.9. The summed E-state index contributed by atoms with van der Waals surface area (Å²) in [5.74, 6) is -0.274. The molecule has 1 saturated heterocycles. The van der Waals surface area contributed by atoms with Gasteiger partial charge in [0, 0.05) is 29.1 Å². The first-order valence-electron chi connectivity index (χ1n) is 7.76. The standard InChI is InChI=1S/C17H18ClN3O2S/c1-10(2)14-9-24-17(19-14)20-16(23)11-7-15(22)21(8-11)13-5-3-12(18)4-6-13/h3-6,9-11H,7-8H2,1-2H3,(H,19,20,23). The van der Waals surface area contributed by atoms with E-state index in [0.29, 0.717) is 22.6 Å². The van der Waals surface area contributed by atoms with Crippen molar-refractivity contribution in [2.24, 2.45) is 5.92 Å². The van der Waals surface area contributed by atoms with Crippen molar-refractivity contribution in [2.75, 3.05) is 16.8 Å². The summed E-state index contributed by atoms with van der Waals surface area (Å²) in [6.45, 7) is 4.48. The van der Waals surface area contributed by atoms with Crippen LogP contribution in [0.25, 0.3) is 0 Å². The number of amides is 2. The normalized spacial score (nSPS) is 17.6. The number of rotatable bonds is 4. The van der Waals surface area contributed by atoms with E-state index >= 15 is 0 Å². The number of nitrogens with zero attached hydrogens (tertiary/aromatic N) is 2. The summed E-state index contributed by atoms with van der Waals surface area (Å²) in [6, 6.07) is 7.05. The van der Waals surface area contributed by atoms with E-state index in [1.165, 1.54) is 11.3 Å². The smallest absolute Gasteiger partial charge is 0.231 e. The molecular weight excluding hydrogens is 346 g/mol. The molecule has 24 heavy (non-hydrogen) atoms. The fourth-order valence-electron chi connectivity index (χ4n) is 2.57. The second-order valence-electron chi connectivity index (χ2n) is 6.10. The summed E-state index contributed by atoms with van der Waals surface area (Å²) in [7, 11) is 0. The molecule has 1 atom stereocenters. The molecule has 0 aliphatic carbocycles. The van der Waals surface area contributed by atoms with Crippen LogP contribution < -0.4 is 10.2 Å². The Hall–Kier alpha value is -1.92. The van der Waals surface area contributed by atoms with Crippen LogP contribution in [0.5, 0.6) is 0 Å². The number of carbonyl (C=O) groups excluding carboxylic acids is 2. The van der Waals surface area contributed by atoms with Gasteiger partial charge < -0.3 is 10.2 Å². The molecule has 126 valence electrons. The van der Waals surface area contributed by atoms with Crippen LogP contribution in [0.2, 0.25) is 5.02 Å². The average molecular weight is 364 g/mol. The van der Waals surface area contributed by atoms with E-state index in [1.54, 1.807) is 29.2 Å². The first-order chi connectivity index (χ1) is 11.4. The number of nitrogens with one attached hydrogen (secondary N) is 1. The highest BCUT2D eigenvalue weighted by molar-refractivity contribution is 7.13. The zero-order chi connectivity index (χ0) is 17.3. The summed E-state index contributed by atoms with van der Waals surface area (Å²) in [5, 5.41) is 5.97. The fourth-order valence-corrected chi connectivity index (χ4v) is 3.57. The molecule has 1 fully saturated rings. The maximum absolute atomic E-state index is 12.4. The molecule has 2 amide bonds. The van der Waals surface area contributed by atoms with Crippen LogP contribution in [-0.2, 0) is 9.59 Å². The minimum absolute atomic E-state index is 0.0560. The van der Waals surface area contributed by atoms with Crippen molar-refractivity contribution >= 4 is 45.6 Å². The topological polar surface area (TPSA) is 62.3 Å². The molecule has 1 aromatic heterocycles. The third-order valence-electron chi connectivity index (χ3n) is 3.98. The minimum atomic E-state index is -0.375. The molecule has 7 heteroatoms. The van der Waals surface area contributed by atoms with Crippen LogP contribution in [0, 0.1) is 5.92 Å². The van der Waals surface area contributed by atoms with Gasteiger partial charge in [-0.05, 0) is 30.2 Å². The molecule has 1 aromatic carbocycles. The van der Waals surface area contributed by atoms with Crippen molar-refractivity contribution in [2.45, 2.75) is 26.2 Å². The predicted octanol–water partition coefficient (Wildman–Crippen LogP) is 3.91. The highest BCUT2D eigenvalue weighted by Gasteiger charge is 2.35. The van der Waals surface area contributed by atoms with Gasteiger partial charge in [0.1, 0.15) is 0 Å². The lowest BCUT2D eigenvalue weighted by molar-refractivity contribution is -0.122. The number of hydrogen-bond donors (Lipinski definition) is 1. The Morgan fingerprint density at radius 1 is 1.38 bits per heavy atom. The lowest BCUT2D eigenvalue weighted by Crippen LogP contribution is -2.28. The maximum Gasteiger partial charge on any atom is 0.231 e. The predicted molar refractivity (Wildman–Crippen MR) is 96.7 cm³/mol. The molecule has 3 rings (SSSR count). The Balaban J connectivity index is 1.66. The van der Waals surface area contributed by atoms with E-state index in [4.69, 9.17) is 11.6 Å². The number of anilines is 2. The Bertz CT molecular complexity index is 757. The van der Waals surface area contributed by atoms with Gasteiger partial charge in [-0.15, -0.1) is 11.3 Å². The summed E-state index contributed by atoms with van der Waals surface area (Å²) >= 11 is 7.28. The van der Waals surface area contributed by atoms with Crippen LogP contribution >= 0.6 is 22.9 Å². The van der Waals surface area contributed by atoms with E-state index < -0.39 is 0 Å². The van der Waals surface area contributed by atoms with Crippen LogP contribution in [0.1, 0.15) is 31.9 Å². The van der Waals surface area contributed by atoms with Gasteiger partial charge in [0.15, 0.2) is 5.13 Å². The quantitative estimate of drug-likeness (QED) is 0.895. The Morgan fingerprint density at radius 2 is 2.08 bits per heavy atom. The van der Waals surface area contributed by atoms with Gasteiger partial charge in [-0.2, -0.15) is 0 Å². The zero-order valence-electron chi connectivity index (χ0n) is 13.5. The number of hydrogen-bond acceptors (Lipinski definition) is 4. The van der Waals surface area contributed by atoms with Gasteiger partial charge in [-0.1, -0.05) is 25.4 Å². The lowest BCUT2D eigenvalue weighted by Gasteiger charge is -2.16. The monoisotopic (exact) mass is 363 g/mol. The molecule has 0 spiro atoms. The molecule has 2 heterocycles. The average Bonchev–Trinajstić information content (AvgIpc) is 3.15. The molecule has 1 N–H and O–H groups in total. The van der Waals surface area contributed by atoms with E-state index in [0.717, 1.165) is 11.4 Å². The molecule has 5 nitrogen and oxygen atoms in total. The Morgan fingerprint density at radius 3 is 2.71 bits per heavy atom. The van der Waals surface area contributed by atoms with E-state index in [9.17, 15) is 9.59 Å². The minimum Gasteiger partial charge on any atom is -0.312 e. The third kappa shape index (κ3) is 3.60. The van der Waals surface area contributed by atoms with Crippen molar-refractivity contribution in [1.29, 1.82) is 0 Å². The molecule has 1 aliphatic rings. The van der Waals surface area contributed by atoms with E-state index in [2.05, 4.69) is 24.1 Å². The van der Waals surface area contributed by atoms with Crippen molar-refractivity contribution in [3.05, 3.63) is 40.4 Å². The SMILES string of the molecule is CC(C)c1csc(NC(=O)C2CC(=O)N(c3ccc(Cl)cc3)C2)n1. The molecule has 0 saturated carbocycles. The third-order valence-corrected chi connectivity index (χ3v) is 5.01. The molecule has 0 radical (unpaired) electrons. The van der Waals surface area contributed by atoms with Crippen LogP contribution in [-0.4, -0.2) is 23.3 Å². The molecule has 1 aliphatic heterocycles. The summed E-state index contributed by atoms with van der Waals surface area (Å²) in [5.41, 5.74) is 1.72. The van der Waals surface area contributed by atoms with E-state index in [1.807, 2.05) is 5.38 Å². The van der Waals surface area contributed by atoms with Gasteiger partial charge in [-0.25, -0.2) is 4.98 Å². The van der Waals surface area contributed by atoms with Gasteiger partial charge >= 0.3 is 0 Å². The maximum atomic E-state index is 12.4. The fraction of sp³-hybridized carbons (Fsp3) is 0.353. The Labute approximate surface area is 149 Å². The number of halogens is 1. The van der Waals surface area contributed by atoms with Crippen molar-refractivity contribution in [3.8, 4) is 0 Å². The van der Waals surface area contributed by atoms with Crippen molar-refractivity contribution in [1.82, 2.24) is 4.98 Å². The summed E-state index contributed by atoms with van der Waals surface area (Å²) in [6.07, 6.45) is 0.205. The number of carbonyl (C=O) groups is 2. The number of aromatic nitrogens is 1. The number of thiazole rings is 1. The van der Waals surface area contributed by atoms with Crippen LogP contribution in [0.4, 0.5) is 10.8 Å². The highest BCUT2D eigenvalue weighted by Crippen LogP contribution is 2.28. The van der Waals surface area contributed by atoms with Crippen LogP contribution in [0.15, 0.2) is 29.6 Å². The largest absolute Gasteiger partial charge is 0.312 e. The van der Waals surface area contributed by atoms with Crippen LogP contribution in [0.3, 0.4) is 0 Å². The summed E-state index contributed by atoms with van der Waals surface area (Å²) < 4.78 is 0. The molecule has 1 unspecified atom stereocenters. The molecule has 0 bridgehead atoms. The van der Waals surface area contributed by atoms with Gasteiger partial charge in [0.25, 0.3) is 0 Å². The van der Waals surface area contributed by atoms with Gasteiger partial charge in [0.05, 0.1) is 11.6 Å². The molecular formula is C17H18ClN3O2S. The molecule has 2 aromatic rings. The number of benzene rings is 1. The highest BCUT2D eigenvalue weighted by atomic mass is 35.5. The Kier molecular flexibility index (Phi) is 4.87. The zero-order valence-corrected chi connectivity index (χ0v) is 15.0. The second-order valence-corrected chi connectivity index (χ2v) is 7.40. The second kappa shape index (κ2) is 6.91. The first-order valence-corrected chi connectivity index (χ1v) is 9.02. The van der Waals surface area contributed by atoms with Crippen molar-refractivity contribution in [3.63, 3.8) is 0 Å². The van der Waals surface area contributed by atoms with Gasteiger partial charge in [-0.3, -0.25) is 9.59 Å². The summed E-state index contributed by atoms with van der Waals surface area (Å²) in [4.78, 5) is 30.7.